The third-order valence-electron chi connectivity index (χ3n) is 3.36. The number of hydrogen-bond acceptors (Lipinski definition) is 2. The van der Waals surface area contributed by atoms with Crippen molar-refractivity contribution in [1.29, 1.82) is 0 Å². The number of hydrogen-bond donors (Lipinski definition) is 2. The second kappa shape index (κ2) is 4.78. The lowest BCUT2D eigenvalue weighted by Crippen LogP contribution is -2.34. The molecule has 0 aromatic rings. The van der Waals surface area contributed by atoms with Gasteiger partial charge in [-0.1, -0.05) is 12.8 Å². The summed E-state index contributed by atoms with van der Waals surface area (Å²) >= 11 is 0. The molecule has 1 amide bonds. The first-order valence-corrected chi connectivity index (χ1v) is 5.84. The number of carbonyl (C=O) groups is 1. The summed E-state index contributed by atoms with van der Waals surface area (Å²) in [4.78, 5) is 11.6. The number of carbonyl (C=O) groups excluding carboxylic acids is 1. The Balaban J connectivity index is 1.66. The zero-order chi connectivity index (χ0) is 9.80. The Hall–Kier alpha value is -0.570. The fourth-order valence-corrected chi connectivity index (χ4v) is 2.51. The van der Waals surface area contributed by atoms with Gasteiger partial charge in [-0.3, -0.25) is 4.79 Å². The van der Waals surface area contributed by atoms with Gasteiger partial charge in [-0.15, -0.1) is 0 Å². The normalized spacial score (nSPS) is 28.1. The molecular formula is C11H20N2O. The van der Waals surface area contributed by atoms with Gasteiger partial charge in [0.25, 0.3) is 0 Å². The lowest BCUT2D eigenvalue weighted by molar-refractivity contribution is -0.122. The van der Waals surface area contributed by atoms with Crippen molar-refractivity contribution >= 4 is 5.91 Å². The molecule has 1 aliphatic carbocycles. The summed E-state index contributed by atoms with van der Waals surface area (Å²) < 4.78 is 0. The lowest BCUT2D eigenvalue weighted by atomic mass is 10.0. The maximum absolute atomic E-state index is 11.6. The maximum Gasteiger partial charge on any atom is 0.220 e. The van der Waals surface area contributed by atoms with Crippen LogP contribution in [-0.4, -0.2) is 25.0 Å². The smallest absolute Gasteiger partial charge is 0.220 e. The quantitative estimate of drug-likeness (QED) is 0.708. The van der Waals surface area contributed by atoms with Crippen molar-refractivity contribution in [2.45, 2.75) is 44.6 Å². The molecule has 3 heteroatoms. The van der Waals surface area contributed by atoms with E-state index in [0.29, 0.717) is 12.0 Å². The Morgan fingerprint density at radius 3 is 2.71 bits per heavy atom. The molecule has 2 aliphatic rings. The average molecular weight is 196 g/mol. The van der Waals surface area contributed by atoms with Crippen LogP contribution in [-0.2, 0) is 4.79 Å². The molecular weight excluding hydrogens is 176 g/mol. The first kappa shape index (κ1) is 9.97. The summed E-state index contributed by atoms with van der Waals surface area (Å²) in [5, 5.41) is 6.43. The minimum atomic E-state index is 0.269. The second-order valence-corrected chi connectivity index (χ2v) is 4.61. The summed E-state index contributed by atoms with van der Waals surface area (Å²) in [5.41, 5.74) is 0. The van der Waals surface area contributed by atoms with Gasteiger partial charge >= 0.3 is 0 Å². The first-order chi connectivity index (χ1) is 6.84. The highest BCUT2D eigenvalue weighted by Crippen LogP contribution is 2.18. The zero-order valence-electron chi connectivity index (χ0n) is 8.72. The number of rotatable bonds is 3. The Labute approximate surface area is 85.6 Å². The highest BCUT2D eigenvalue weighted by atomic mass is 16.1. The van der Waals surface area contributed by atoms with E-state index in [4.69, 9.17) is 0 Å². The largest absolute Gasteiger partial charge is 0.353 e. The van der Waals surface area contributed by atoms with E-state index in [0.717, 1.165) is 25.9 Å². The van der Waals surface area contributed by atoms with E-state index in [1.807, 2.05) is 0 Å². The predicted octanol–water partition coefficient (Wildman–Crippen LogP) is 1.04. The Kier molecular flexibility index (Phi) is 3.40. The second-order valence-electron chi connectivity index (χ2n) is 4.61. The first-order valence-electron chi connectivity index (χ1n) is 5.84. The number of amides is 1. The van der Waals surface area contributed by atoms with Gasteiger partial charge in [-0.05, 0) is 38.3 Å². The van der Waals surface area contributed by atoms with Gasteiger partial charge in [0.2, 0.25) is 5.91 Å². The molecule has 1 unspecified atom stereocenters. The van der Waals surface area contributed by atoms with E-state index in [-0.39, 0.29) is 5.91 Å². The van der Waals surface area contributed by atoms with Crippen molar-refractivity contribution in [3.63, 3.8) is 0 Å². The van der Waals surface area contributed by atoms with Gasteiger partial charge in [0.05, 0.1) is 0 Å². The molecule has 3 nitrogen and oxygen atoms in total. The van der Waals surface area contributed by atoms with Gasteiger partial charge in [0, 0.05) is 12.5 Å². The Morgan fingerprint density at radius 1 is 1.29 bits per heavy atom. The molecule has 1 saturated heterocycles. The highest BCUT2D eigenvalue weighted by Gasteiger charge is 2.21. The van der Waals surface area contributed by atoms with Crippen LogP contribution >= 0.6 is 0 Å². The van der Waals surface area contributed by atoms with Crippen LogP contribution in [0.15, 0.2) is 0 Å². The summed E-state index contributed by atoms with van der Waals surface area (Å²) in [6, 6.07) is 0.483. The van der Waals surface area contributed by atoms with Crippen molar-refractivity contribution in [2.24, 2.45) is 5.92 Å². The average Bonchev–Trinajstić information content (AvgIpc) is 2.76. The molecule has 2 rings (SSSR count). The van der Waals surface area contributed by atoms with Crippen LogP contribution in [0.25, 0.3) is 0 Å². The van der Waals surface area contributed by atoms with E-state index in [9.17, 15) is 4.79 Å². The molecule has 0 radical (unpaired) electrons. The van der Waals surface area contributed by atoms with Crippen molar-refractivity contribution in [3.05, 3.63) is 0 Å². The molecule has 0 aromatic heterocycles. The summed E-state index contributed by atoms with van der Waals surface area (Å²) in [6.07, 6.45) is 6.84. The van der Waals surface area contributed by atoms with Crippen LogP contribution in [0, 0.1) is 5.92 Å². The van der Waals surface area contributed by atoms with Crippen LogP contribution in [0.4, 0.5) is 0 Å². The fraction of sp³-hybridized carbons (Fsp3) is 0.909. The van der Waals surface area contributed by atoms with Gasteiger partial charge in [-0.2, -0.15) is 0 Å². The van der Waals surface area contributed by atoms with Crippen molar-refractivity contribution in [2.75, 3.05) is 13.1 Å². The van der Waals surface area contributed by atoms with Crippen LogP contribution in [0.1, 0.15) is 38.5 Å². The molecule has 0 bridgehead atoms. The van der Waals surface area contributed by atoms with Crippen LogP contribution in [0.2, 0.25) is 0 Å². The summed E-state index contributed by atoms with van der Waals surface area (Å²) in [7, 11) is 0. The SMILES string of the molecule is O=C(CC1CCNC1)NC1CCCC1. The van der Waals surface area contributed by atoms with E-state index < -0.39 is 0 Å². The Bertz CT molecular complexity index is 173. The fourth-order valence-electron chi connectivity index (χ4n) is 2.51. The van der Waals surface area contributed by atoms with Crippen molar-refractivity contribution in [3.8, 4) is 0 Å². The zero-order valence-corrected chi connectivity index (χ0v) is 8.72. The summed E-state index contributed by atoms with van der Waals surface area (Å²) in [6.45, 7) is 2.11. The van der Waals surface area contributed by atoms with Crippen LogP contribution in [0.5, 0.6) is 0 Å². The molecule has 0 aromatic carbocycles. The van der Waals surface area contributed by atoms with Crippen molar-refractivity contribution < 1.29 is 4.79 Å². The molecule has 1 saturated carbocycles. The lowest BCUT2D eigenvalue weighted by Gasteiger charge is -2.13. The van der Waals surface area contributed by atoms with Gasteiger partial charge in [-0.25, -0.2) is 0 Å². The van der Waals surface area contributed by atoms with Gasteiger partial charge in [0.15, 0.2) is 0 Å². The van der Waals surface area contributed by atoms with Crippen molar-refractivity contribution in [1.82, 2.24) is 10.6 Å². The molecule has 80 valence electrons. The summed E-state index contributed by atoms with van der Waals surface area (Å²) in [5.74, 6) is 0.849. The molecule has 1 aliphatic heterocycles. The van der Waals surface area contributed by atoms with E-state index in [2.05, 4.69) is 10.6 Å². The van der Waals surface area contributed by atoms with E-state index >= 15 is 0 Å². The molecule has 14 heavy (non-hydrogen) atoms. The maximum atomic E-state index is 11.6. The van der Waals surface area contributed by atoms with Gasteiger partial charge in [0.1, 0.15) is 0 Å². The minimum Gasteiger partial charge on any atom is -0.353 e. The third-order valence-corrected chi connectivity index (χ3v) is 3.36. The highest BCUT2D eigenvalue weighted by molar-refractivity contribution is 5.76. The third kappa shape index (κ3) is 2.71. The minimum absolute atomic E-state index is 0.269. The molecule has 2 fully saturated rings. The molecule has 1 heterocycles. The Morgan fingerprint density at radius 2 is 2.07 bits per heavy atom. The predicted molar refractivity (Wildman–Crippen MR) is 56.0 cm³/mol. The van der Waals surface area contributed by atoms with E-state index in [1.165, 1.54) is 25.7 Å². The molecule has 0 spiro atoms. The molecule has 1 atom stereocenters. The van der Waals surface area contributed by atoms with Gasteiger partial charge < -0.3 is 10.6 Å². The molecule has 2 N–H and O–H groups in total. The van der Waals surface area contributed by atoms with E-state index in [1.54, 1.807) is 0 Å². The van der Waals surface area contributed by atoms with Crippen LogP contribution < -0.4 is 10.6 Å². The number of nitrogens with one attached hydrogen (secondary N) is 2. The standard InChI is InChI=1S/C11H20N2O/c14-11(7-9-5-6-12-8-9)13-10-3-1-2-4-10/h9-10,12H,1-8H2,(H,13,14). The monoisotopic (exact) mass is 196 g/mol. The topological polar surface area (TPSA) is 41.1 Å². The van der Waals surface area contributed by atoms with Crippen LogP contribution in [0.3, 0.4) is 0 Å².